The SMILES string of the molecule is CCn1c(Sc2ncnc3sccc23)nnc1-c1ccccc1. The zero-order valence-electron chi connectivity index (χ0n) is 12.4. The van der Waals surface area contributed by atoms with Gasteiger partial charge in [0.2, 0.25) is 0 Å². The number of aromatic nitrogens is 5. The second-order valence-electron chi connectivity index (χ2n) is 4.84. The normalized spacial score (nSPS) is 11.2. The van der Waals surface area contributed by atoms with E-state index in [1.807, 2.05) is 41.8 Å². The maximum Gasteiger partial charge on any atom is 0.197 e. The molecule has 0 N–H and O–H groups in total. The van der Waals surface area contributed by atoms with Crippen molar-refractivity contribution >= 4 is 33.3 Å². The third-order valence-electron chi connectivity index (χ3n) is 3.48. The largest absolute Gasteiger partial charge is 0.302 e. The van der Waals surface area contributed by atoms with Gasteiger partial charge >= 0.3 is 0 Å². The molecular formula is C16H13N5S2. The molecule has 0 radical (unpaired) electrons. The molecular weight excluding hydrogens is 326 g/mol. The predicted molar refractivity (Wildman–Crippen MR) is 92.7 cm³/mol. The van der Waals surface area contributed by atoms with Crippen molar-refractivity contribution in [2.45, 2.75) is 23.7 Å². The molecule has 0 bridgehead atoms. The fraction of sp³-hybridized carbons (Fsp3) is 0.125. The summed E-state index contributed by atoms with van der Waals surface area (Å²) < 4.78 is 2.11. The summed E-state index contributed by atoms with van der Waals surface area (Å²) in [6.07, 6.45) is 1.60. The number of rotatable bonds is 4. The Morgan fingerprint density at radius 1 is 1.09 bits per heavy atom. The van der Waals surface area contributed by atoms with Crippen molar-refractivity contribution in [1.82, 2.24) is 24.7 Å². The summed E-state index contributed by atoms with van der Waals surface area (Å²) in [5, 5.41) is 13.6. The third kappa shape index (κ3) is 2.62. The van der Waals surface area contributed by atoms with Gasteiger partial charge in [0.25, 0.3) is 0 Å². The highest BCUT2D eigenvalue weighted by atomic mass is 32.2. The van der Waals surface area contributed by atoms with Crippen molar-refractivity contribution < 1.29 is 0 Å². The van der Waals surface area contributed by atoms with E-state index in [0.717, 1.165) is 38.3 Å². The zero-order chi connectivity index (χ0) is 15.6. The van der Waals surface area contributed by atoms with Gasteiger partial charge in [-0.1, -0.05) is 30.3 Å². The number of hydrogen-bond acceptors (Lipinski definition) is 6. The van der Waals surface area contributed by atoms with Gasteiger partial charge in [-0.2, -0.15) is 0 Å². The molecule has 0 aliphatic heterocycles. The van der Waals surface area contributed by atoms with Gasteiger partial charge in [-0.05, 0) is 30.1 Å². The Bertz CT molecular complexity index is 945. The molecule has 0 aliphatic carbocycles. The number of nitrogens with zero attached hydrogens (tertiary/aromatic N) is 5. The van der Waals surface area contributed by atoms with Crippen LogP contribution >= 0.6 is 23.1 Å². The minimum atomic E-state index is 0.803. The van der Waals surface area contributed by atoms with Crippen LogP contribution in [0.25, 0.3) is 21.6 Å². The number of thiophene rings is 1. The Hall–Kier alpha value is -2.25. The van der Waals surface area contributed by atoms with E-state index in [4.69, 9.17) is 0 Å². The summed E-state index contributed by atoms with van der Waals surface area (Å²) >= 11 is 3.15. The molecule has 4 aromatic rings. The van der Waals surface area contributed by atoms with E-state index < -0.39 is 0 Å². The van der Waals surface area contributed by atoms with Gasteiger partial charge < -0.3 is 4.57 Å². The average molecular weight is 339 g/mol. The second kappa shape index (κ2) is 6.10. The summed E-state index contributed by atoms with van der Waals surface area (Å²) in [4.78, 5) is 9.69. The van der Waals surface area contributed by atoms with Crippen molar-refractivity contribution in [2.24, 2.45) is 0 Å². The number of hydrogen-bond donors (Lipinski definition) is 0. The first-order chi connectivity index (χ1) is 11.4. The van der Waals surface area contributed by atoms with Crippen molar-refractivity contribution in [3.05, 3.63) is 48.1 Å². The van der Waals surface area contributed by atoms with E-state index in [9.17, 15) is 0 Å². The fourth-order valence-electron chi connectivity index (χ4n) is 2.39. The highest BCUT2D eigenvalue weighted by Crippen LogP contribution is 2.33. The van der Waals surface area contributed by atoms with Crippen LogP contribution in [0.15, 0.2) is 58.3 Å². The Morgan fingerprint density at radius 2 is 1.96 bits per heavy atom. The first-order valence-electron chi connectivity index (χ1n) is 7.21. The van der Waals surface area contributed by atoms with Crippen molar-refractivity contribution in [1.29, 1.82) is 0 Å². The Morgan fingerprint density at radius 3 is 2.78 bits per heavy atom. The van der Waals surface area contributed by atoms with Gasteiger partial charge in [-0.15, -0.1) is 21.5 Å². The lowest BCUT2D eigenvalue weighted by Gasteiger charge is -2.07. The summed E-state index contributed by atoms with van der Waals surface area (Å²) in [7, 11) is 0. The lowest BCUT2D eigenvalue weighted by Crippen LogP contribution is -1.99. The van der Waals surface area contributed by atoms with Crippen LogP contribution in [-0.4, -0.2) is 24.7 Å². The molecule has 0 amide bonds. The Balaban J connectivity index is 1.76. The van der Waals surface area contributed by atoms with Crippen molar-refractivity contribution in [3.8, 4) is 11.4 Å². The lowest BCUT2D eigenvalue weighted by atomic mass is 10.2. The summed E-state index contributed by atoms with van der Waals surface area (Å²) in [6, 6.07) is 12.2. The van der Waals surface area contributed by atoms with E-state index in [2.05, 4.69) is 31.7 Å². The quantitative estimate of drug-likeness (QED) is 0.523. The minimum Gasteiger partial charge on any atom is -0.302 e. The molecule has 0 saturated heterocycles. The van der Waals surface area contributed by atoms with Crippen molar-refractivity contribution in [2.75, 3.05) is 0 Å². The molecule has 0 atom stereocenters. The molecule has 0 unspecified atom stereocenters. The highest BCUT2D eigenvalue weighted by molar-refractivity contribution is 7.99. The molecule has 3 aromatic heterocycles. The Labute approximate surface area is 141 Å². The first kappa shape index (κ1) is 14.3. The van der Waals surface area contributed by atoms with Crippen LogP contribution in [0.4, 0.5) is 0 Å². The van der Waals surface area contributed by atoms with Gasteiger partial charge in [0, 0.05) is 17.5 Å². The van der Waals surface area contributed by atoms with E-state index >= 15 is 0 Å². The summed E-state index contributed by atoms with van der Waals surface area (Å²) in [6.45, 7) is 2.90. The van der Waals surface area contributed by atoms with E-state index in [0.29, 0.717) is 0 Å². The molecule has 0 spiro atoms. The summed E-state index contributed by atoms with van der Waals surface area (Å²) in [5.41, 5.74) is 1.07. The topological polar surface area (TPSA) is 56.5 Å². The number of benzene rings is 1. The predicted octanol–water partition coefficient (Wildman–Crippen LogP) is 4.12. The van der Waals surface area contributed by atoms with Crippen LogP contribution in [0, 0.1) is 0 Å². The maximum atomic E-state index is 4.41. The van der Waals surface area contributed by atoms with Gasteiger partial charge in [-0.3, -0.25) is 0 Å². The summed E-state index contributed by atoms with van der Waals surface area (Å²) in [5.74, 6) is 0.881. The van der Waals surface area contributed by atoms with Gasteiger partial charge in [0.15, 0.2) is 11.0 Å². The van der Waals surface area contributed by atoms with Crippen LogP contribution < -0.4 is 0 Å². The molecule has 0 saturated carbocycles. The molecule has 114 valence electrons. The molecule has 0 aliphatic rings. The molecule has 3 heterocycles. The van der Waals surface area contributed by atoms with E-state index in [-0.39, 0.29) is 0 Å². The second-order valence-corrected chi connectivity index (χ2v) is 6.69. The molecule has 7 heteroatoms. The van der Waals surface area contributed by atoms with E-state index in [1.54, 1.807) is 17.7 Å². The standard InChI is InChI=1S/C16H13N5S2/c1-2-21-13(11-6-4-3-5-7-11)19-20-16(21)23-15-12-8-9-22-14(12)17-10-18-15/h3-10H,2H2,1H3. The van der Waals surface area contributed by atoms with Gasteiger partial charge in [-0.25, -0.2) is 9.97 Å². The highest BCUT2D eigenvalue weighted by Gasteiger charge is 2.15. The minimum absolute atomic E-state index is 0.803. The third-order valence-corrected chi connectivity index (χ3v) is 5.30. The van der Waals surface area contributed by atoms with Gasteiger partial charge in [0.1, 0.15) is 16.2 Å². The smallest absolute Gasteiger partial charge is 0.197 e. The molecule has 0 fully saturated rings. The van der Waals surface area contributed by atoms with Crippen LogP contribution in [-0.2, 0) is 6.54 Å². The monoisotopic (exact) mass is 339 g/mol. The maximum absolute atomic E-state index is 4.41. The van der Waals surface area contributed by atoms with Crippen LogP contribution in [0.5, 0.6) is 0 Å². The number of fused-ring (bicyclic) bond motifs is 1. The zero-order valence-corrected chi connectivity index (χ0v) is 14.0. The van der Waals surface area contributed by atoms with E-state index in [1.165, 1.54) is 11.8 Å². The van der Waals surface area contributed by atoms with Crippen LogP contribution in [0.1, 0.15) is 6.92 Å². The molecule has 23 heavy (non-hydrogen) atoms. The van der Waals surface area contributed by atoms with Crippen LogP contribution in [0.2, 0.25) is 0 Å². The molecule has 1 aromatic carbocycles. The van der Waals surface area contributed by atoms with Gasteiger partial charge in [0.05, 0.1) is 0 Å². The fourth-order valence-corrected chi connectivity index (χ4v) is 4.14. The van der Waals surface area contributed by atoms with Crippen LogP contribution in [0.3, 0.4) is 0 Å². The first-order valence-corrected chi connectivity index (χ1v) is 8.91. The van der Waals surface area contributed by atoms with Crippen molar-refractivity contribution in [3.63, 3.8) is 0 Å². The Kier molecular flexibility index (Phi) is 3.80. The molecule has 4 rings (SSSR count). The lowest BCUT2D eigenvalue weighted by molar-refractivity contribution is 0.687. The molecule has 5 nitrogen and oxygen atoms in total. The average Bonchev–Trinajstić information content (AvgIpc) is 3.22.